The molecular weight excluding hydrogens is 290 g/mol. The topological polar surface area (TPSA) is 95.9 Å². The molecule has 0 saturated heterocycles. The molecule has 0 aromatic carbocycles. The molecule has 0 amide bonds. The Kier molecular flexibility index (Phi) is 3.01. The molecule has 2 aromatic rings. The van der Waals surface area contributed by atoms with E-state index in [1.54, 1.807) is 12.3 Å². The van der Waals surface area contributed by atoms with Gasteiger partial charge in [-0.15, -0.1) is 0 Å². The molecule has 0 unspecified atom stereocenters. The van der Waals surface area contributed by atoms with Crippen molar-refractivity contribution in [3.8, 4) is 11.4 Å². The number of hydrogen-bond donors (Lipinski definition) is 2. The average molecular weight is 296 g/mol. The summed E-state index contributed by atoms with van der Waals surface area (Å²) in [5.41, 5.74) is -0.493. The number of H-pyrrole nitrogens is 1. The van der Waals surface area contributed by atoms with E-state index >= 15 is 0 Å². The number of carbonyl (C=O) groups is 1. The molecule has 2 N–H and O–H groups in total. The first kappa shape index (κ1) is 11.5. The van der Waals surface area contributed by atoms with Crippen LogP contribution in [0.5, 0.6) is 0 Å². The second kappa shape index (κ2) is 4.46. The van der Waals surface area contributed by atoms with Gasteiger partial charge in [0.2, 0.25) is 0 Å². The van der Waals surface area contributed by atoms with E-state index in [4.69, 9.17) is 5.11 Å². The average Bonchev–Trinajstić information content (AvgIpc) is 2.28. The van der Waals surface area contributed by atoms with E-state index in [0.29, 0.717) is 5.56 Å². The fourth-order valence-corrected chi connectivity index (χ4v) is 1.60. The number of carboxylic acids is 1. The lowest BCUT2D eigenvalue weighted by Gasteiger charge is -2.01. The van der Waals surface area contributed by atoms with Gasteiger partial charge in [0.15, 0.2) is 0 Å². The SMILES string of the molecule is O=C(O)c1cnc(-c2cncc(Br)c2)[nH]c1=O. The summed E-state index contributed by atoms with van der Waals surface area (Å²) in [7, 11) is 0. The molecule has 0 saturated carbocycles. The van der Waals surface area contributed by atoms with Gasteiger partial charge in [0.05, 0.1) is 0 Å². The number of aromatic amines is 1. The van der Waals surface area contributed by atoms with Crippen molar-refractivity contribution in [3.63, 3.8) is 0 Å². The molecule has 0 aliphatic rings. The molecule has 86 valence electrons. The summed E-state index contributed by atoms with van der Waals surface area (Å²) in [6, 6.07) is 1.71. The Morgan fingerprint density at radius 2 is 2.12 bits per heavy atom. The molecule has 0 radical (unpaired) electrons. The number of hydrogen-bond acceptors (Lipinski definition) is 4. The zero-order valence-corrected chi connectivity index (χ0v) is 9.93. The number of nitrogens with one attached hydrogen (secondary N) is 1. The highest BCUT2D eigenvalue weighted by Gasteiger charge is 2.10. The summed E-state index contributed by atoms with van der Waals surface area (Å²) >= 11 is 3.24. The van der Waals surface area contributed by atoms with Gasteiger partial charge in [-0.1, -0.05) is 0 Å². The lowest BCUT2D eigenvalue weighted by atomic mass is 10.2. The minimum atomic E-state index is -1.31. The predicted molar refractivity (Wildman–Crippen MR) is 62.7 cm³/mol. The zero-order chi connectivity index (χ0) is 12.4. The number of halogens is 1. The van der Waals surface area contributed by atoms with Crippen LogP contribution in [0.4, 0.5) is 0 Å². The first-order chi connectivity index (χ1) is 8.08. The van der Waals surface area contributed by atoms with Gasteiger partial charge in [0, 0.05) is 28.6 Å². The van der Waals surface area contributed by atoms with Gasteiger partial charge in [0.25, 0.3) is 5.56 Å². The van der Waals surface area contributed by atoms with Crippen molar-refractivity contribution in [2.24, 2.45) is 0 Å². The van der Waals surface area contributed by atoms with Gasteiger partial charge in [-0.25, -0.2) is 9.78 Å². The fourth-order valence-electron chi connectivity index (χ4n) is 1.24. The largest absolute Gasteiger partial charge is 0.477 e. The van der Waals surface area contributed by atoms with E-state index in [1.165, 1.54) is 6.20 Å². The first-order valence-corrected chi connectivity index (χ1v) is 5.31. The van der Waals surface area contributed by atoms with E-state index in [1.807, 2.05) is 0 Å². The normalized spacial score (nSPS) is 10.2. The third-order valence-electron chi connectivity index (χ3n) is 2.01. The maximum atomic E-state index is 11.4. The van der Waals surface area contributed by atoms with Crippen LogP contribution in [0.3, 0.4) is 0 Å². The summed E-state index contributed by atoms with van der Waals surface area (Å²) in [6.45, 7) is 0. The van der Waals surface area contributed by atoms with Crippen LogP contribution < -0.4 is 5.56 Å². The number of pyridine rings is 1. The molecule has 2 aromatic heterocycles. The van der Waals surface area contributed by atoms with Crippen LogP contribution in [0, 0.1) is 0 Å². The summed E-state index contributed by atoms with van der Waals surface area (Å²) in [5, 5.41) is 8.69. The lowest BCUT2D eigenvalue weighted by molar-refractivity contribution is 0.0694. The van der Waals surface area contributed by atoms with Crippen LogP contribution in [0.15, 0.2) is 33.9 Å². The number of nitrogens with zero attached hydrogens (tertiary/aromatic N) is 2. The van der Waals surface area contributed by atoms with Gasteiger partial charge < -0.3 is 10.1 Å². The minimum absolute atomic E-state index is 0.272. The number of rotatable bonds is 2. The maximum Gasteiger partial charge on any atom is 0.342 e. The van der Waals surface area contributed by atoms with Crippen LogP contribution in [0.25, 0.3) is 11.4 Å². The molecule has 0 aliphatic carbocycles. The van der Waals surface area contributed by atoms with Crippen molar-refractivity contribution in [3.05, 3.63) is 45.0 Å². The highest BCUT2D eigenvalue weighted by molar-refractivity contribution is 9.10. The molecule has 0 spiro atoms. The molecule has 0 fully saturated rings. The minimum Gasteiger partial charge on any atom is -0.477 e. The van der Waals surface area contributed by atoms with E-state index in [2.05, 4.69) is 30.9 Å². The Morgan fingerprint density at radius 1 is 1.35 bits per heavy atom. The van der Waals surface area contributed by atoms with Crippen LogP contribution in [0.2, 0.25) is 0 Å². The zero-order valence-electron chi connectivity index (χ0n) is 8.35. The van der Waals surface area contributed by atoms with Crippen molar-refractivity contribution in [1.29, 1.82) is 0 Å². The highest BCUT2D eigenvalue weighted by Crippen LogP contribution is 2.16. The number of aromatic carboxylic acids is 1. The predicted octanol–water partition coefficient (Wildman–Crippen LogP) is 1.29. The van der Waals surface area contributed by atoms with Gasteiger partial charge in [-0.2, -0.15) is 0 Å². The van der Waals surface area contributed by atoms with Crippen molar-refractivity contribution < 1.29 is 9.90 Å². The van der Waals surface area contributed by atoms with Gasteiger partial charge in [-0.05, 0) is 22.0 Å². The lowest BCUT2D eigenvalue weighted by Crippen LogP contribution is -2.18. The van der Waals surface area contributed by atoms with E-state index in [0.717, 1.165) is 10.7 Å². The standard InChI is InChI=1S/C10H6BrN3O3/c11-6-1-5(2-12-3-6)8-13-4-7(10(16)17)9(15)14-8/h1-4H,(H,16,17)(H,13,14,15). The van der Waals surface area contributed by atoms with Crippen LogP contribution in [-0.4, -0.2) is 26.0 Å². The Morgan fingerprint density at radius 3 is 2.71 bits per heavy atom. The second-order valence-corrected chi connectivity index (χ2v) is 4.09. The smallest absolute Gasteiger partial charge is 0.342 e. The summed E-state index contributed by atoms with van der Waals surface area (Å²) in [6.07, 6.45) is 4.13. The fraction of sp³-hybridized carbons (Fsp3) is 0. The molecule has 2 rings (SSSR count). The monoisotopic (exact) mass is 295 g/mol. The number of carboxylic acid groups (broad SMARTS) is 1. The summed E-state index contributed by atoms with van der Waals surface area (Å²) in [4.78, 5) is 32.3. The molecule has 0 atom stereocenters. The van der Waals surface area contributed by atoms with Crippen LogP contribution in [-0.2, 0) is 0 Å². The Bertz CT molecular complexity index is 639. The third kappa shape index (κ3) is 2.39. The molecular formula is C10H6BrN3O3. The Hall–Kier alpha value is -2.02. The van der Waals surface area contributed by atoms with Gasteiger partial charge >= 0.3 is 5.97 Å². The molecule has 2 heterocycles. The second-order valence-electron chi connectivity index (χ2n) is 3.17. The maximum absolute atomic E-state index is 11.4. The quantitative estimate of drug-likeness (QED) is 0.870. The molecule has 0 bridgehead atoms. The van der Waals surface area contributed by atoms with E-state index in [9.17, 15) is 9.59 Å². The molecule has 6 nitrogen and oxygen atoms in total. The first-order valence-electron chi connectivity index (χ1n) is 4.51. The summed E-state index contributed by atoms with van der Waals surface area (Å²) < 4.78 is 0.736. The Balaban J connectivity index is 2.52. The van der Waals surface area contributed by atoms with E-state index < -0.39 is 17.1 Å². The van der Waals surface area contributed by atoms with Crippen molar-refractivity contribution in [1.82, 2.24) is 15.0 Å². The van der Waals surface area contributed by atoms with Crippen LogP contribution in [0.1, 0.15) is 10.4 Å². The molecule has 17 heavy (non-hydrogen) atoms. The molecule has 0 aliphatic heterocycles. The van der Waals surface area contributed by atoms with Crippen molar-refractivity contribution in [2.45, 2.75) is 0 Å². The molecule has 7 heteroatoms. The van der Waals surface area contributed by atoms with Crippen LogP contribution >= 0.6 is 15.9 Å². The Labute approximate surface area is 103 Å². The third-order valence-corrected chi connectivity index (χ3v) is 2.44. The van der Waals surface area contributed by atoms with E-state index in [-0.39, 0.29) is 5.82 Å². The van der Waals surface area contributed by atoms with Crippen molar-refractivity contribution in [2.75, 3.05) is 0 Å². The van der Waals surface area contributed by atoms with Crippen molar-refractivity contribution >= 4 is 21.9 Å². The van der Waals surface area contributed by atoms with Gasteiger partial charge in [0.1, 0.15) is 11.4 Å². The van der Waals surface area contributed by atoms with Gasteiger partial charge in [-0.3, -0.25) is 9.78 Å². The highest BCUT2D eigenvalue weighted by atomic mass is 79.9. The summed E-state index contributed by atoms with van der Waals surface area (Å²) in [5.74, 6) is -1.04. The number of aromatic nitrogens is 3.